The second-order valence-electron chi connectivity index (χ2n) is 0.285. The Morgan fingerprint density at radius 2 is 2.17 bits per heavy atom. The highest BCUT2D eigenvalue weighted by molar-refractivity contribution is 7.88. The van der Waals surface area contributed by atoms with Crippen LogP contribution < -0.4 is 0 Å². The molecule has 6 heteroatoms. The highest BCUT2D eigenvalue weighted by Gasteiger charge is 1.78. The van der Waals surface area contributed by atoms with Gasteiger partial charge in [-0.25, -0.2) is 5.26 Å². The molecular weight excluding hydrogens is 112 g/mol. The maximum atomic E-state index is 7.58. The molecule has 0 aromatic rings. The lowest BCUT2D eigenvalue weighted by molar-refractivity contribution is -0.592. The number of hydrogen-bond donors (Lipinski definition) is 2. The molecule has 0 aromatic heterocycles. The topological polar surface area (TPSA) is 68.2 Å². The fourth-order valence-electron chi connectivity index (χ4n) is 0.0248. The minimum atomic E-state index is -0.0810. The third-order valence-electron chi connectivity index (χ3n) is 0.0886. The highest BCUT2D eigenvalue weighted by atomic mass is 32.2. The van der Waals surface area contributed by atoms with Crippen LogP contribution in [-0.4, -0.2) is 9.81 Å². The SMILES string of the molecule is OOOOSO. The summed E-state index contributed by atoms with van der Waals surface area (Å²) in [5.41, 5.74) is 0. The van der Waals surface area contributed by atoms with E-state index in [1.54, 1.807) is 0 Å². The molecular formula is H2O5S. The van der Waals surface area contributed by atoms with Gasteiger partial charge in [0.1, 0.15) is 0 Å². The van der Waals surface area contributed by atoms with Gasteiger partial charge in [0.05, 0.1) is 0 Å². The quantitative estimate of drug-likeness (QED) is 0.240. The summed E-state index contributed by atoms with van der Waals surface area (Å²) in [6.45, 7) is 0. The van der Waals surface area contributed by atoms with Crippen LogP contribution in [-0.2, 0) is 14.4 Å². The normalized spacial score (nSPS) is 9.00. The van der Waals surface area contributed by atoms with E-state index in [0.717, 1.165) is 0 Å². The van der Waals surface area contributed by atoms with Gasteiger partial charge in [-0.3, -0.25) is 0 Å². The summed E-state index contributed by atoms with van der Waals surface area (Å²) in [5, 5.41) is 13.4. The first-order valence-electron chi connectivity index (χ1n) is 0.865. The first-order chi connectivity index (χ1) is 2.91. The molecule has 0 aliphatic carbocycles. The minimum Gasteiger partial charge on any atom is -0.305 e. The molecule has 0 saturated heterocycles. The van der Waals surface area contributed by atoms with Gasteiger partial charge in [0, 0.05) is 0 Å². The van der Waals surface area contributed by atoms with Gasteiger partial charge >= 0.3 is 0 Å². The summed E-state index contributed by atoms with van der Waals surface area (Å²) in [6, 6.07) is 0. The van der Waals surface area contributed by atoms with Crippen LogP contribution >= 0.6 is 12.3 Å². The Kier molecular flexibility index (Phi) is 5.28. The molecule has 0 radical (unpaired) electrons. The van der Waals surface area contributed by atoms with E-state index in [2.05, 4.69) is 14.4 Å². The zero-order valence-electron chi connectivity index (χ0n) is 2.53. The van der Waals surface area contributed by atoms with Crippen molar-refractivity contribution in [1.82, 2.24) is 0 Å². The second-order valence-corrected chi connectivity index (χ2v) is 0.570. The van der Waals surface area contributed by atoms with Crippen molar-refractivity contribution >= 4 is 12.3 Å². The van der Waals surface area contributed by atoms with Gasteiger partial charge in [-0.15, -0.1) is 4.33 Å². The van der Waals surface area contributed by atoms with Crippen molar-refractivity contribution in [2.45, 2.75) is 0 Å². The molecule has 0 atom stereocenters. The second kappa shape index (κ2) is 5.15. The van der Waals surface area contributed by atoms with Gasteiger partial charge < -0.3 is 4.55 Å². The number of hydrogen-bond acceptors (Lipinski definition) is 6. The Bertz CT molecular complexity index is 15.9. The summed E-state index contributed by atoms with van der Waals surface area (Å²) in [7, 11) is 0. The van der Waals surface area contributed by atoms with Gasteiger partial charge in [0.25, 0.3) is 0 Å². The van der Waals surface area contributed by atoms with Crippen molar-refractivity contribution in [2.24, 2.45) is 0 Å². The molecule has 6 heavy (non-hydrogen) atoms. The highest BCUT2D eigenvalue weighted by Crippen LogP contribution is 1.92. The zero-order chi connectivity index (χ0) is 4.83. The van der Waals surface area contributed by atoms with E-state index in [4.69, 9.17) is 9.81 Å². The Morgan fingerprint density at radius 3 is 2.33 bits per heavy atom. The van der Waals surface area contributed by atoms with Crippen LogP contribution in [0.2, 0.25) is 0 Å². The maximum Gasteiger partial charge on any atom is 0.194 e. The van der Waals surface area contributed by atoms with Gasteiger partial charge in [0.15, 0.2) is 12.3 Å². The van der Waals surface area contributed by atoms with Crippen molar-refractivity contribution in [1.29, 1.82) is 0 Å². The van der Waals surface area contributed by atoms with Gasteiger partial charge in [0.2, 0.25) is 0 Å². The van der Waals surface area contributed by atoms with Crippen molar-refractivity contribution < 1.29 is 24.2 Å². The van der Waals surface area contributed by atoms with E-state index in [1.165, 1.54) is 0 Å². The Labute approximate surface area is 37.6 Å². The lowest BCUT2D eigenvalue weighted by Crippen LogP contribution is -1.82. The van der Waals surface area contributed by atoms with Crippen LogP contribution in [0.25, 0.3) is 0 Å². The third-order valence-corrected chi connectivity index (χ3v) is 0.205. The molecule has 38 valence electrons. The largest absolute Gasteiger partial charge is 0.305 e. The molecule has 2 N–H and O–H groups in total. The van der Waals surface area contributed by atoms with Crippen molar-refractivity contribution in [3.63, 3.8) is 0 Å². The molecule has 0 saturated carbocycles. The molecule has 0 aliphatic heterocycles. The summed E-state index contributed by atoms with van der Waals surface area (Å²) in [4.78, 5) is 0. The Morgan fingerprint density at radius 1 is 1.50 bits per heavy atom. The number of rotatable bonds is 3. The van der Waals surface area contributed by atoms with E-state index >= 15 is 0 Å². The lowest BCUT2D eigenvalue weighted by Gasteiger charge is -1.84. The van der Waals surface area contributed by atoms with E-state index in [1.807, 2.05) is 0 Å². The Hall–Kier alpha value is 0.150. The van der Waals surface area contributed by atoms with Crippen LogP contribution in [0.4, 0.5) is 0 Å². The zero-order valence-corrected chi connectivity index (χ0v) is 3.34. The molecule has 0 amide bonds. The van der Waals surface area contributed by atoms with Crippen molar-refractivity contribution in [3.05, 3.63) is 0 Å². The summed E-state index contributed by atoms with van der Waals surface area (Å²) in [6.07, 6.45) is 0. The molecule has 0 spiro atoms. The maximum absolute atomic E-state index is 7.58. The van der Waals surface area contributed by atoms with Crippen molar-refractivity contribution in [2.75, 3.05) is 0 Å². The average Bonchev–Trinajstić information content (AvgIpc) is 1.61. The molecule has 0 unspecified atom stereocenters. The molecule has 5 nitrogen and oxygen atoms in total. The minimum absolute atomic E-state index is 0.0810. The molecule has 0 fully saturated rings. The average molecular weight is 114 g/mol. The van der Waals surface area contributed by atoms with Crippen LogP contribution in [0, 0.1) is 0 Å². The van der Waals surface area contributed by atoms with Crippen LogP contribution in [0.3, 0.4) is 0 Å². The summed E-state index contributed by atoms with van der Waals surface area (Å²) in [5.74, 6) is 0. The van der Waals surface area contributed by atoms with E-state index < -0.39 is 0 Å². The van der Waals surface area contributed by atoms with E-state index in [0.29, 0.717) is 0 Å². The standard InChI is InChI=1S/H2O5S/c1-3-4-5-6-2/h1-2H. The lowest BCUT2D eigenvalue weighted by atomic mass is 14.4. The predicted molar refractivity (Wildman–Crippen MR) is 16.1 cm³/mol. The predicted octanol–water partition coefficient (Wildman–Crippen LogP) is 0.460. The van der Waals surface area contributed by atoms with Gasteiger partial charge in [-0.1, -0.05) is 0 Å². The van der Waals surface area contributed by atoms with Crippen LogP contribution in [0.1, 0.15) is 0 Å². The molecule has 0 heterocycles. The molecule has 0 aromatic carbocycles. The summed E-state index contributed by atoms with van der Waals surface area (Å²) < 4.78 is 11.1. The van der Waals surface area contributed by atoms with Crippen LogP contribution in [0.5, 0.6) is 0 Å². The first-order valence-corrected chi connectivity index (χ1v) is 1.56. The molecule has 0 bridgehead atoms. The van der Waals surface area contributed by atoms with Crippen LogP contribution in [0.15, 0.2) is 0 Å². The van der Waals surface area contributed by atoms with Crippen molar-refractivity contribution in [3.8, 4) is 0 Å². The van der Waals surface area contributed by atoms with E-state index in [9.17, 15) is 0 Å². The van der Waals surface area contributed by atoms with E-state index in [-0.39, 0.29) is 12.3 Å². The van der Waals surface area contributed by atoms with Gasteiger partial charge in [-0.2, -0.15) is 0 Å². The summed E-state index contributed by atoms with van der Waals surface area (Å²) >= 11 is -0.0810. The third kappa shape index (κ3) is 4.15. The Balaban J connectivity index is 2.34. The fourth-order valence-corrected chi connectivity index (χ4v) is 0.0745. The smallest absolute Gasteiger partial charge is 0.194 e. The molecule has 0 rings (SSSR count). The monoisotopic (exact) mass is 114 g/mol. The fraction of sp³-hybridized carbons (Fsp3) is 0. The van der Waals surface area contributed by atoms with Gasteiger partial charge in [-0.05, 0) is 10.1 Å². The first kappa shape index (κ1) is 6.15. The molecule has 0 aliphatic rings.